The molecule has 0 spiro atoms. The van der Waals surface area contributed by atoms with Gasteiger partial charge in [-0.05, 0) is 86.3 Å². The number of alkyl halides is 1. The maximum atomic E-state index is 2.62. The van der Waals surface area contributed by atoms with E-state index >= 15 is 0 Å². The maximum Gasteiger partial charge on any atom is 0.119 e. The molecule has 0 N–H and O–H groups in total. The number of hydrogen-bond donors (Lipinski definition) is 0. The third-order valence-corrected chi connectivity index (χ3v) is 8.35. The molecule has 2 heteroatoms. The molecule has 1 aliphatic carbocycles. The van der Waals surface area contributed by atoms with Crippen LogP contribution in [0.15, 0.2) is 158 Å². The van der Waals surface area contributed by atoms with Crippen molar-refractivity contribution in [3.63, 3.8) is 0 Å². The summed E-state index contributed by atoms with van der Waals surface area (Å²) in [6, 6.07) is 49.7. The maximum absolute atomic E-state index is 2.62. The van der Waals surface area contributed by atoms with E-state index in [4.69, 9.17) is 0 Å². The first-order valence-corrected chi connectivity index (χ1v) is 14.0. The molecule has 0 saturated carbocycles. The Morgan fingerprint density at radius 1 is 0.474 bits per heavy atom. The van der Waals surface area contributed by atoms with E-state index in [-0.39, 0.29) is 3.55 Å². The van der Waals surface area contributed by atoms with Crippen molar-refractivity contribution in [3.8, 4) is 22.3 Å². The summed E-state index contributed by atoms with van der Waals surface area (Å²) < 4.78 is -0.238. The third kappa shape index (κ3) is 5.09. The first kappa shape index (κ1) is 24.4. The quantitative estimate of drug-likeness (QED) is 0.106. The molecular formula is C36H28IN. The van der Waals surface area contributed by atoms with Crippen LogP contribution in [0.3, 0.4) is 0 Å². The Morgan fingerprint density at radius 3 is 1.26 bits per heavy atom. The molecule has 1 nitrogen and oxygen atoms in total. The highest BCUT2D eigenvalue weighted by Gasteiger charge is 2.34. The molecule has 0 amide bonds. The van der Waals surface area contributed by atoms with Crippen LogP contribution in [0.1, 0.15) is 12.0 Å². The van der Waals surface area contributed by atoms with Crippen LogP contribution in [0.25, 0.3) is 27.8 Å². The molecular weight excluding hydrogens is 573 g/mol. The summed E-state index contributed by atoms with van der Waals surface area (Å²) in [6.45, 7) is 0. The van der Waals surface area contributed by atoms with Crippen LogP contribution in [0.5, 0.6) is 0 Å². The van der Waals surface area contributed by atoms with Crippen LogP contribution in [0, 0.1) is 0 Å². The Hall–Kier alpha value is -3.89. The van der Waals surface area contributed by atoms with Gasteiger partial charge >= 0.3 is 0 Å². The fourth-order valence-electron chi connectivity index (χ4n) is 5.06. The minimum Gasteiger partial charge on any atom is -0.323 e. The van der Waals surface area contributed by atoms with E-state index in [0.717, 1.165) is 6.42 Å². The standard InChI is InChI=1S/C36H28IN/c37-36(26-24-33(25-27-36)30-14-8-3-9-15-30)38(34-20-16-31(17-21-34)28-10-4-1-5-11-28)35-22-18-32(19-23-35)29-12-6-2-7-13-29/h1-26H,27H2/t36-/m0/s1. The van der Waals surface area contributed by atoms with Crippen molar-refractivity contribution in [2.24, 2.45) is 0 Å². The number of nitrogens with zero attached hydrogens (tertiary/aromatic N) is 1. The molecule has 0 fully saturated rings. The summed E-state index contributed by atoms with van der Waals surface area (Å²) in [7, 11) is 0. The van der Waals surface area contributed by atoms with Gasteiger partial charge in [-0.25, -0.2) is 0 Å². The lowest BCUT2D eigenvalue weighted by atomic mass is 9.95. The van der Waals surface area contributed by atoms with E-state index in [9.17, 15) is 0 Å². The Balaban J connectivity index is 1.37. The zero-order valence-electron chi connectivity index (χ0n) is 21.0. The van der Waals surface area contributed by atoms with E-state index in [1.54, 1.807) is 0 Å². The van der Waals surface area contributed by atoms with Gasteiger partial charge in [0.2, 0.25) is 0 Å². The highest BCUT2D eigenvalue weighted by molar-refractivity contribution is 14.1. The van der Waals surface area contributed by atoms with Crippen LogP contribution < -0.4 is 4.90 Å². The van der Waals surface area contributed by atoms with Crippen molar-refractivity contribution in [1.29, 1.82) is 0 Å². The zero-order valence-corrected chi connectivity index (χ0v) is 23.2. The molecule has 0 aromatic heterocycles. The van der Waals surface area contributed by atoms with Crippen molar-refractivity contribution in [1.82, 2.24) is 0 Å². The molecule has 0 unspecified atom stereocenters. The molecule has 5 aromatic rings. The molecule has 5 aromatic carbocycles. The van der Waals surface area contributed by atoms with Crippen LogP contribution in [0.2, 0.25) is 0 Å². The third-order valence-electron chi connectivity index (χ3n) is 7.07. The minimum absolute atomic E-state index is 0.238. The molecule has 1 atom stereocenters. The normalized spacial score (nSPS) is 16.6. The fourth-order valence-corrected chi connectivity index (χ4v) is 6.02. The molecule has 184 valence electrons. The molecule has 0 aliphatic heterocycles. The van der Waals surface area contributed by atoms with Crippen molar-refractivity contribution < 1.29 is 0 Å². The van der Waals surface area contributed by atoms with Gasteiger partial charge in [0.05, 0.1) is 0 Å². The summed E-state index contributed by atoms with van der Waals surface area (Å²) in [5, 5.41) is 0. The Bertz CT molecular complexity index is 1470. The molecule has 0 heterocycles. The van der Waals surface area contributed by atoms with Crippen molar-refractivity contribution >= 4 is 39.5 Å². The van der Waals surface area contributed by atoms with Gasteiger partial charge in [0.15, 0.2) is 0 Å². The lowest BCUT2D eigenvalue weighted by molar-refractivity contribution is 0.759. The summed E-state index contributed by atoms with van der Waals surface area (Å²) in [4.78, 5) is 2.46. The smallest absolute Gasteiger partial charge is 0.119 e. The molecule has 38 heavy (non-hydrogen) atoms. The van der Waals surface area contributed by atoms with Gasteiger partial charge in [-0.3, -0.25) is 0 Å². The lowest BCUT2D eigenvalue weighted by Crippen LogP contribution is -2.39. The van der Waals surface area contributed by atoms with Gasteiger partial charge < -0.3 is 4.90 Å². The number of rotatable bonds is 6. The second-order valence-electron chi connectivity index (χ2n) is 9.54. The first-order chi connectivity index (χ1) is 18.7. The number of hydrogen-bond acceptors (Lipinski definition) is 1. The van der Waals surface area contributed by atoms with E-state index < -0.39 is 0 Å². The lowest BCUT2D eigenvalue weighted by Gasteiger charge is -2.41. The van der Waals surface area contributed by atoms with Gasteiger partial charge in [0, 0.05) is 17.8 Å². The highest BCUT2D eigenvalue weighted by atomic mass is 127. The Labute approximate surface area is 238 Å². The highest BCUT2D eigenvalue weighted by Crippen LogP contribution is 2.44. The van der Waals surface area contributed by atoms with Crippen LogP contribution in [-0.2, 0) is 0 Å². The van der Waals surface area contributed by atoms with Crippen molar-refractivity contribution in [2.45, 2.75) is 9.97 Å². The van der Waals surface area contributed by atoms with Crippen molar-refractivity contribution in [3.05, 3.63) is 163 Å². The Kier molecular flexibility index (Phi) is 6.98. The average Bonchev–Trinajstić information content (AvgIpc) is 3.00. The minimum atomic E-state index is -0.238. The number of anilines is 2. The van der Waals surface area contributed by atoms with Gasteiger partial charge in [-0.1, -0.05) is 127 Å². The van der Waals surface area contributed by atoms with Crippen LogP contribution in [-0.4, -0.2) is 3.55 Å². The van der Waals surface area contributed by atoms with Crippen LogP contribution in [0.4, 0.5) is 11.4 Å². The van der Waals surface area contributed by atoms with Crippen LogP contribution >= 0.6 is 22.6 Å². The monoisotopic (exact) mass is 601 g/mol. The second kappa shape index (κ2) is 10.8. The van der Waals surface area contributed by atoms with E-state index in [2.05, 4.69) is 185 Å². The van der Waals surface area contributed by atoms with Gasteiger partial charge in [-0.2, -0.15) is 0 Å². The molecule has 0 radical (unpaired) electrons. The van der Waals surface area contributed by atoms with Crippen molar-refractivity contribution in [2.75, 3.05) is 4.90 Å². The summed E-state index contributed by atoms with van der Waals surface area (Å²) >= 11 is 2.62. The Morgan fingerprint density at radius 2 is 0.868 bits per heavy atom. The first-order valence-electron chi connectivity index (χ1n) is 12.9. The summed E-state index contributed by atoms with van der Waals surface area (Å²) in [6.07, 6.45) is 7.89. The SMILES string of the molecule is I[C@]1(N(c2ccc(-c3ccccc3)cc2)c2ccc(-c3ccccc3)cc2)C=CC(c2ccccc2)=CC1. The van der Waals surface area contributed by atoms with E-state index in [1.165, 1.54) is 44.8 Å². The molecule has 0 bridgehead atoms. The largest absolute Gasteiger partial charge is 0.323 e. The number of benzene rings is 5. The molecule has 6 rings (SSSR count). The zero-order chi connectivity index (χ0) is 25.8. The average molecular weight is 602 g/mol. The van der Waals surface area contributed by atoms with E-state index in [0.29, 0.717) is 0 Å². The number of halogens is 1. The predicted molar refractivity (Wildman–Crippen MR) is 171 cm³/mol. The number of allylic oxidation sites excluding steroid dienone is 2. The van der Waals surface area contributed by atoms with Gasteiger partial charge in [-0.15, -0.1) is 0 Å². The van der Waals surface area contributed by atoms with Gasteiger partial charge in [0.1, 0.15) is 3.55 Å². The second-order valence-corrected chi connectivity index (χ2v) is 11.4. The fraction of sp³-hybridized carbons (Fsp3) is 0.0556. The topological polar surface area (TPSA) is 3.24 Å². The van der Waals surface area contributed by atoms with Gasteiger partial charge in [0.25, 0.3) is 0 Å². The predicted octanol–water partition coefficient (Wildman–Crippen LogP) is 10.3. The summed E-state index contributed by atoms with van der Waals surface area (Å²) in [5.74, 6) is 0. The summed E-state index contributed by atoms with van der Waals surface area (Å²) in [5.41, 5.74) is 9.79. The molecule has 0 saturated heterocycles. The van der Waals surface area contributed by atoms with E-state index in [1.807, 2.05) is 0 Å². The molecule has 1 aliphatic rings.